The zero-order chi connectivity index (χ0) is 18.4. The van der Waals surface area contributed by atoms with Gasteiger partial charge in [-0.1, -0.05) is 12.1 Å². The summed E-state index contributed by atoms with van der Waals surface area (Å²) in [7, 11) is 3.72. The lowest BCUT2D eigenvalue weighted by Crippen LogP contribution is -2.47. The van der Waals surface area contributed by atoms with Crippen molar-refractivity contribution in [2.24, 2.45) is 0 Å². The molecule has 1 N–H and O–H groups in total. The molecule has 7 nitrogen and oxygen atoms in total. The summed E-state index contributed by atoms with van der Waals surface area (Å²) >= 11 is 0. The molecule has 1 saturated heterocycles. The van der Waals surface area contributed by atoms with E-state index in [-0.39, 0.29) is 5.91 Å². The number of aromatic nitrogens is 2. The van der Waals surface area contributed by atoms with Gasteiger partial charge in [-0.2, -0.15) is 0 Å². The van der Waals surface area contributed by atoms with Gasteiger partial charge in [-0.15, -0.1) is 0 Å². The average molecular weight is 355 g/mol. The first kappa shape index (κ1) is 18.1. The Bertz CT molecular complexity index is 727. The maximum atomic E-state index is 12.6. The van der Waals surface area contributed by atoms with Crippen molar-refractivity contribution < 1.29 is 9.53 Å². The largest absolute Gasteiger partial charge is 0.497 e. The third kappa shape index (κ3) is 4.70. The van der Waals surface area contributed by atoms with E-state index in [4.69, 9.17) is 4.74 Å². The number of carbonyl (C=O) groups excluding carboxylic acids is 1. The summed E-state index contributed by atoms with van der Waals surface area (Å²) < 4.78 is 5.16. The number of likely N-dealkylation sites (N-methyl/N-ethyl adjacent to an activating group) is 1. The first-order valence-corrected chi connectivity index (χ1v) is 8.83. The number of nitrogens with zero attached hydrogens (tertiary/aromatic N) is 4. The van der Waals surface area contributed by atoms with Gasteiger partial charge in [0.05, 0.1) is 7.11 Å². The number of rotatable bonds is 6. The Hall–Kier alpha value is -2.67. The summed E-state index contributed by atoms with van der Waals surface area (Å²) in [6, 6.07) is 9.64. The van der Waals surface area contributed by atoms with Gasteiger partial charge in [0.2, 0.25) is 5.95 Å². The van der Waals surface area contributed by atoms with Gasteiger partial charge >= 0.3 is 0 Å². The number of hydrogen-bond donors (Lipinski definition) is 1. The second-order valence-electron chi connectivity index (χ2n) is 6.39. The zero-order valence-corrected chi connectivity index (χ0v) is 15.3. The highest BCUT2D eigenvalue weighted by atomic mass is 16.5. The van der Waals surface area contributed by atoms with Gasteiger partial charge in [-0.05, 0) is 37.2 Å². The summed E-state index contributed by atoms with van der Waals surface area (Å²) in [5, 5.41) is 3.19. The van der Waals surface area contributed by atoms with Crippen LogP contribution in [0.3, 0.4) is 0 Å². The highest BCUT2D eigenvalue weighted by Gasteiger charge is 2.21. The van der Waals surface area contributed by atoms with Crippen LogP contribution in [-0.4, -0.2) is 72.6 Å². The first-order valence-electron chi connectivity index (χ1n) is 8.83. The highest BCUT2D eigenvalue weighted by molar-refractivity contribution is 5.92. The number of carbonyl (C=O) groups is 1. The van der Waals surface area contributed by atoms with E-state index in [1.807, 2.05) is 29.2 Å². The predicted molar refractivity (Wildman–Crippen MR) is 101 cm³/mol. The lowest BCUT2D eigenvalue weighted by Gasteiger charge is -2.32. The molecular weight excluding hydrogens is 330 g/mol. The summed E-state index contributed by atoms with van der Waals surface area (Å²) in [6.07, 6.45) is 2.47. The Labute approximate surface area is 154 Å². The number of amides is 1. The number of ether oxygens (including phenoxy) is 1. The quantitative estimate of drug-likeness (QED) is 0.847. The van der Waals surface area contributed by atoms with E-state index < -0.39 is 0 Å². The van der Waals surface area contributed by atoms with Crippen LogP contribution in [0.1, 0.15) is 16.1 Å². The van der Waals surface area contributed by atoms with Gasteiger partial charge in [-0.25, -0.2) is 9.97 Å². The van der Waals surface area contributed by atoms with E-state index in [2.05, 4.69) is 27.2 Å². The van der Waals surface area contributed by atoms with Gasteiger partial charge in [0.1, 0.15) is 11.4 Å². The minimum atomic E-state index is -0.0290. The van der Waals surface area contributed by atoms with Gasteiger partial charge in [0, 0.05) is 38.9 Å². The molecule has 1 fully saturated rings. The maximum absolute atomic E-state index is 12.6. The molecule has 0 aliphatic carbocycles. The monoisotopic (exact) mass is 355 g/mol. The van der Waals surface area contributed by atoms with E-state index in [0.29, 0.717) is 18.2 Å². The van der Waals surface area contributed by atoms with Crippen LogP contribution < -0.4 is 10.1 Å². The van der Waals surface area contributed by atoms with Crippen molar-refractivity contribution in [1.82, 2.24) is 19.8 Å². The van der Waals surface area contributed by atoms with Crippen molar-refractivity contribution >= 4 is 11.9 Å². The summed E-state index contributed by atoms with van der Waals surface area (Å²) in [5.41, 5.74) is 1.64. The molecule has 2 aromatic rings. The molecule has 26 heavy (non-hydrogen) atoms. The van der Waals surface area contributed by atoms with Crippen molar-refractivity contribution in [2.45, 2.75) is 6.42 Å². The van der Waals surface area contributed by atoms with Crippen LogP contribution >= 0.6 is 0 Å². The summed E-state index contributed by atoms with van der Waals surface area (Å²) in [4.78, 5) is 25.3. The summed E-state index contributed by atoms with van der Waals surface area (Å²) in [6.45, 7) is 3.95. The zero-order valence-electron chi connectivity index (χ0n) is 15.3. The first-order chi connectivity index (χ1) is 12.7. The molecule has 0 spiro atoms. The molecule has 1 amide bonds. The fourth-order valence-electron chi connectivity index (χ4n) is 2.85. The molecule has 1 aliphatic heterocycles. The van der Waals surface area contributed by atoms with Crippen molar-refractivity contribution in [3.63, 3.8) is 0 Å². The van der Waals surface area contributed by atoms with Crippen LogP contribution in [0, 0.1) is 0 Å². The van der Waals surface area contributed by atoms with Crippen molar-refractivity contribution in [1.29, 1.82) is 0 Å². The Morgan fingerprint density at radius 2 is 1.88 bits per heavy atom. The van der Waals surface area contributed by atoms with E-state index in [9.17, 15) is 4.79 Å². The average Bonchev–Trinajstić information content (AvgIpc) is 2.69. The number of nitrogens with one attached hydrogen (secondary N) is 1. The number of piperazine rings is 1. The lowest BCUT2D eigenvalue weighted by molar-refractivity contribution is 0.0658. The molecule has 0 saturated carbocycles. The standard InChI is InChI=1S/C19H25N5O2/c1-23-11-13-24(14-12-23)18(25)17-8-10-21-19(22-17)20-9-7-15-3-5-16(26-2)6-4-15/h3-6,8,10H,7,9,11-14H2,1-2H3,(H,20,21,22). The Kier molecular flexibility index (Phi) is 6.01. The van der Waals surface area contributed by atoms with Gasteiger partial charge in [0.15, 0.2) is 0 Å². The van der Waals surface area contributed by atoms with Crippen LogP contribution in [0.4, 0.5) is 5.95 Å². The van der Waals surface area contributed by atoms with Crippen molar-refractivity contribution in [3.8, 4) is 5.75 Å². The molecule has 0 unspecified atom stereocenters. The normalized spacial score (nSPS) is 14.9. The van der Waals surface area contributed by atoms with Crippen LogP contribution in [0.2, 0.25) is 0 Å². The molecule has 0 bridgehead atoms. The molecule has 0 atom stereocenters. The van der Waals surface area contributed by atoms with Gasteiger partial charge in [-0.3, -0.25) is 4.79 Å². The van der Waals surface area contributed by atoms with Crippen LogP contribution in [0.25, 0.3) is 0 Å². The third-order valence-corrected chi connectivity index (χ3v) is 4.52. The SMILES string of the molecule is COc1ccc(CCNc2nccc(C(=O)N3CCN(C)CC3)n2)cc1. The molecule has 7 heteroatoms. The molecular formula is C19H25N5O2. The molecule has 0 radical (unpaired) electrons. The fourth-order valence-corrected chi connectivity index (χ4v) is 2.85. The minimum absolute atomic E-state index is 0.0290. The number of benzene rings is 1. The van der Waals surface area contributed by atoms with Crippen LogP contribution in [-0.2, 0) is 6.42 Å². The van der Waals surface area contributed by atoms with Gasteiger partial charge in [0.25, 0.3) is 5.91 Å². The Morgan fingerprint density at radius 1 is 1.15 bits per heavy atom. The molecule has 1 aromatic carbocycles. The van der Waals surface area contributed by atoms with Crippen LogP contribution in [0.5, 0.6) is 5.75 Å². The fraction of sp³-hybridized carbons (Fsp3) is 0.421. The second kappa shape index (κ2) is 8.62. The minimum Gasteiger partial charge on any atom is -0.497 e. The molecule has 138 valence electrons. The van der Waals surface area contributed by atoms with E-state index in [1.54, 1.807) is 19.4 Å². The number of anilines is 1. The van der Waals surface area contributed by atoms with Crippen molar-refractivity contribution in [3.05, 3.63) is 47.8 Å². The highest BCUT2D eigenvalue weighted by Crippen LogP contribution is 2.12. The Morgan fingerprint density at radius 3 is 2.58 bits per heavy atom. The van der Waals surface area contributed by atoms with E-state index >= 15 is 0 Å². The Balaban J connectivity index is 1.54. The topological polar surface area (TPSA) is 70.6 Å². The summed E-state index contributed by atoms with van der Waals surface area (Å²) in [5.74, 6) is 1.30. The van der Waals surface area contributed by atoms with Gasteiger partial charge < -0.3 is 19.9 Å². The van der Waals surface area contributed by atoms with E-state index in [0.717, 1.165) is 38.3 Å². The van der Waals surface area contributed by atoms with E-state index in [1.165, 1.54) is 5.56 Å². The molecule has 2 heterocycles. The lowest BCUT2D eigenvalue weighted by atomic mass is 10.1. The second-order valence-corrected chi connectivity index (χ2v) is 6.39. The molecule has 1 aliphatic rings. The van der Waals surface area contributed by atoms with Crippen molar-refractivity contribution in [2.75, 3.05) is 52.2 Å². The molecule has 3 rings (SSSR count). The maximum Gasteiger partial charge on any atom is 0.272 e. The smallest absolute Gasteiger partial charge is 0.272 e. The third-order valence-electron chi connectivity index (χ3n) is 4.52. The number of methoxy groups -OCH3 is 1. The predicted octanol–water partition coefficient (Wildman–Crippen LogP) is 1.53. The molecule has 1 aromatic heterocycles. The number of hydrogen-bond acceptors (Lipinski definition) is 6. The van der Waals surface area contributed by atoms with Crippen LogP contribution in [0.15, 0.2) is 36.5 Å².